The molecule has 2 N–H and O–H groups in total. The van der Waals surface area contributed by atoms with Gasteiger partial charge < -0.3 is 24.6 Å². The van der Waals surface area contributed by atoms with E-state index in [-0.39, 0.29) is 18.9 Å². The lowest BCUT2D eigenvalue weighted by molar-refractivity contribution is -0.137. The molecule has 0 heterocycles. The minimum atomic E-state index is -1.06. The van der Waals surface area contributed by atoms with Crippen molar-refractivity contribution in [3.8, 4) is 22.6 Å². The number of carboxylic acid groups (broad SMARTS) is 1. The van der Waals surface area contributed by atoms with E-state index in [0.717, 1.165) is 22.3 Å². The number of alkyl carbamates (subject to hydrolysis) is 1. The molecule has 1 aliphatic rings. The first kappa shape index (κ1) is 24.6. The first-order chi connectivity index (χ1) is 16.9. The molecule has 3 aromatic carbocycles. The lowest BCUT2D eigenvalue weighted by Gasteiger charge is -2.21. The summed E-state index contributed by atoms with van der Waals surface area (Å²) in [6.45, 7) is 2.42. The van der Waals surface area contributed by atoms with Gasteiger partial charge in [-0.1, -0.05) is 48.5 Å². The summed E-state index contributed by atoms with van der Waals surface area (Å²) in [6, 6.07) is 18.7. The number of benzene rings is 3. The number of halogens is 1. The smallest absolute Gasteiger partial charge is 0.407 e. The largest absolute Gasteiger partial charge is 0.493 e. The maximum absolute atomic E-state index is 12.8. The first-order valence-corrected chi connectivity index (χ1v) is 12.1. The molecule has 0 saturated heterocycles. The fourth-order valence-corrected chi connectivity index (χ4v) is 5.01. The maximum atomic E-state index is 12.8. The van der Waals surface area contributed by atoms with Crippen molar-refractivity contribution in [2.24, 2.45) is 0 Å². The highest BCUT2D eigenvalue weighted by molar-refractivity contribution is 9.10. The Balaban J connectivity index is 1.52. The topological polar surface area (TPSA) is 94.1 Å². The van der Waals surface area contributed by atoms with Crippen molar-refractivity contribution in [3.63, 3.8) is 0 Å². The van der Waals surface area contributed by atoms with Crippen LogP contribution in [0.1, 0.15) is 42.0 Å². The number of hydrogen-bond acceptors (Lipinski definition) is 5. The van der Waals surface area contributed by atoms with Gasteiger partial charge in [-0.15, -0.1) is 0 Å². The number of aliphatic carboxylic acids is 1. The fourth-order valence-electron chi connectivity index (χ4n) is 4.43. The van der Waals surface area contributed by atoms with Gasteiger partial charge in [0.1, 0.15) is 6.61 Å². The minimum Gasteiger partial charge on any atom is -0.493 e. The van der Waals surface area contributed by atoms with Gasteiger partial charge in [-0.25, -0.2) is 4.79 Å². The van der Waals surface area contributed by atoms with Gasteiger partial charge in [0.2, 0.25) is 0 Å². The molecule has 1 aliphatic carbocycles. The van der Waals surface area contributed by atoms with Crippen LogP contribution in [0.4, 0.5) is 4.79 Å². The highest BCUT2D eigenvalue weighted by atomic mass is 79.9. The Morgan fingerprint density at radius 1 is 1.06 bits per heavy atom. The van der Waals surface area contributed by atoms with Gasteiger partial charge in [0.25, 0.3) is 0 Å². The van der Waals surface area contributed by atoms with Gasteiger partial charge in [0.15, 0.2) is 11.5 Å². The van der Waals surface area contributed by atoms with E-state index >= 15 is 0 Å². The van der Waals surface area contributed by atoms with E-state index in [1.165, 1.54) is 7.11 Å². The molecule has 182 valence electrons. The zero-order valence-electron chi connectivity index (χ0n) is 19.4. The summed E-state index contributed by atoms with van der Waals surface area (Å²) < 4.78 is 17.2. The molecule has 0 aromatic heterocycles. The zero-order valence-corrected chi connectivity index (χ0v) is 21.0. The average Bonchev–Trinajstić information content (AvgIpc) is 3.17. The van der Waals surface area contributed by atoms with Gasteiger partial charge in [0, 0.05) is 5.92 Å². The number of methoxy groups -OCH3 is 1. The van der Waals surface area contributed by atoms with E-state index in [1.54, 1.807) is 12.1 Å². The predicted octanol–water partition coefficient (Wildman–Crippen LogP) is 5.91. The van der Waals surface area contributed by atoms with Crippen LogP contribution in [0.5, 0.6) is 11.5 Å². The number of ether oxygens (including phenoxy) is 3. The lowest BCUT2D eigenvalue weighted by atomic mass is 9.98. The Morgan fingerprint density at radius 2 is 1.69 bits per heavy atom. The number of carboxylic acids is 1. The number of nitrogens with one attached hydrogen (secondary N) is 1. The van der Waals surface area contributed by atoms with Crippen molar-refractivity contribution in [2.75, 3.05) is 20.3 Å². The maximum Gasteiger partial charge on any atom is 0.407 e. The number of fused-ring (bicyclic) bond motifs is 3. The van der Waals surface area contributed by atoms with Crippen LogP contribution in [-0.4, -0.2) is 37.5 Å². The summed E-state index contributed by atoms with van der Waals surface area (Å²) in [5, 5.41) is 12.2. The molecule has 1 atom stereocenters. The molecule has 0 bridgehead atoms. The molecule has 1 amide bonds. The van der Waals surface area contributed by atoms with Crippen LogP contribution >= 0.6 is 15.9 Å². The number of rotatable bonds is 9. The van der Waals surface area contributed by atoms with Gasteiger partial charge >= 0.3 is 12.1 Å². The van der Waals surface area contributed by atoms with Crippen LogP contribution in [0.25, 0.3) is 11.1 Å². The number of carbonyl (C=O) groups excluding carboxylic acids is 1. The lowest BCUT2D eigenvalue weighted by Crippen LogP contribution is -2.31. The Labute approximate surface area is 212 Å². The van der Waals surface area contributed by atoms with Crippen molar-refractivity contribution in [1.82, 2.24) is 5.32 Å². The summed E-state index contributed by atoms with van der Waals surface area (Å²) >= 11 is 3.45. The third-order valence-corrected chi connectivity index (χ3v) is 6.55. The van der Waals surface area contributed by atoms with Crippen LogP contribution in [-0.2, 0) is 9.53 Å². The van der Waals surface area contributed by atoms with E-state index in [1.807, 2.05) is 43.3 Å². The van der Waals surface area contributed by atoms with Gasteiger partial charge in [-0.3, -0.25) is 4.79 Å². The molecule has 4 rings (SSSR count). The highest BCUT2D eigenvalue weighted by Crippen LogP contribution is 2.44. The van der Waals surface area contributed by atoms with Crippen molar-refractivity contribution in [3.05, 3.63) is 81.8 Å². The Bertz CT molecular complexity index is 1200. The standard InChI is InChI=1S/C27H26BrNO6/c1-3-34-26-22(28)12-16(13-24(26)33-2)23(14-25(30)31)29-27(32)35-15-21-19-10-6-4-8-17(19)18-9-5-7-11-20(18)21/h4-13,21,23H,3,14-15H2,1-2H3,(H,29,32)(H,30,31)/t23-/m1/s1. The van der Waals surface area contributed by atoms with E-state index < -0.39 is 18.1 Å². The van der Waals surface area contributed by atoms with Crippen LogP contribution in [0.15, 0.2) is 65.1 Å². The summed E-state index contributed by atoms with van der Waals surface area (Å²) in [7, 11) is 1.50. The number of amides is 1. The summed E-state index contributed by atoms with van der Waals surface area (Å²) in [6.07, 6.45) is -1.02. The average molecular weight is 540 g/mol. The third kappa shape index (κ3) is 5.27. The second-order valence-electron chi connectivity index (χ2n) is 8.09. The molecule has 7 nitrogen and oxygen atoms in total. The van der Waals surface area contributed by atoms with Crippen LogP contribution in [0.2, 0.25) is 0 Å². The number of carbonyl (C=O) groups is 2. The predicted molar refractivity (Wildman–Crippen MR) is 135 cm³/mol. The van der Waals surface area contributed by atoms with Gasteiger partial charge in [0.05, 0.1) is 30.7 Å². The Morgan fingerprint density at radius 3 is 2.26 bits per heavy atom. The van der Waals surface area contributed by atoms with E-state index in [0.29, 0.717) is 28.1 Å². The third-order valence-electron chi connectivity index (χ3n) is 5.96. The van der Waals surface area contributed by atoms with Crippen LogP contribution in [0, 0.1) is 0 Å². The van der Waals surface area contributed by atoms with E-state index in [9.17, 15) is 14.7 Å². The summed E-state index contributed by atoms with van der Waals surface area (Å²) in [4.78, 5) is 24.4. The monoisotopic (exact) mass is 539 g/mol. The molecule has 0 fully saturated rings. The van der Waals surface area contributed by atoms with Gasteiger partial charge in [-0.05, 0) is 62.8 Å². The Kier molecular flexibility index (Phi) is 7.60. The molecular formula is C27H26BrNO6. The second kappa shape index (κ2) is 10.8. The van der Waals surface area contributed by atoms with Crippen molar-refractivity contribution >= 4 is 28.0 Å². The molecule has 8 heteroatoms. The first-order valence-electron chi connectivity index (χ1n) is 11.3. The van der Waals surface area contributed by atoms with E-state index in [2.05, 4.69) is 33.4 Å². The number of hydrogen-bond donors (Lipinski definition) is 2. The van der Waals surface area contributed by atoms with E-state index in [4.69, 9.17) is 14.2 Å². The molecule has 0 spiro atoms. The fraction of sp³-hybridized carbons (Fsp3) is 0.259. The summed E-state index contributed by atoms with van der Waals surface area (Å²) in [5.41, 5.74) is 5.01. The molecule has 3 aromatic rings. The highest BCUT2D eigenvalue weighted by Gasteiger charge is 2.29. The van der Waals surface area contributed by atoms with Crippen LogP contribution < -0.4 is 14.8 Å². The van der Waals surface area contributed by atoms with Gasteiger partial charge in [-0.2, -0.15) is 0 Å². The SMILES string of the molecule is CCOc1c(Br)cc([C@@H](CC(=O)O)NC(=O)OCC2c3ccccc3-c3ccccc32)cc1OC. The van der Waals surface area contributed by atoms with Crippen molar-refractivity contribution in [1.29, 1.82) is 0 Å². The van der Waals surface area contributed by atoms with Crippen molar-refractivity contribution < 1.29 is 28.9 Å². The quantitative estimate of drug-likeness (QED) is 0.351. The second-order valence-corrected chi connectivity index (χ2v) is 8.94. The zero-order chi connectivity index (χ0) is 24.9. The molecule has 0 unspecified atom stereocenters. The molecular weight excluding hydrogens is 514 g/mol. The Hall–Kier alpha value is -3.52. The molecule has 0 saturated carbocycles. The molecule has 0 aliphatic heterocycles. The summed E-state index contributed by atoms with van der Waals surface area (Å²) in [5.74, 6) is -0.210. The minimum absolute atomic E-state index is 0.0919. The molecule has 0 radical (unpaired) electrons. The normalized spacial score (nSPS) is 12.9. The van der Waals surface area contributed by atoms with Crippen LogP contribution in [0.3, 0.4) is 0 Å². The molecule has 35 heavy (non-hydrogen) atoms. The van der Waals surface area contributed by atoms with Crippen molar-refractivity contribution in [2.45, 2.75) is 25.3 Å².